The molecule has 1 aromatic carbocycles. The van der Waals surface area contributed by atoms with Gasteiger partial charge in [0.25, 0.3) is 0 Å². The Morgan fingerprint density at radius 3 is 2.80 bits per heavy atom. The summed E-state index contributed by atoms with van der Waals surface area (Å²) in [6.07, 6.45) is 0.772. The average molecular weight is 227 g/mol. The molecule has 1 aromatic rings. The van der Waals surface area contributed by atoms with Gasteiger partial charge in [-0.05, 0) is 18.1 Å². The third-order valence-corrected chi connectivity index (χ3v) is 2.16. The molecule has 0 unspecified atom stereocenters. The minimum absolute atomic E-state index is 0.0242. The molecule has 0 spiro atoms. The van der Waals surface area contributed by atoms with Crippen molar-refractivity contribution in [2.45, 2.75) is 13.3 Å². The van der Waals surface area contributed by atoms with Crippen molar-refractivity contribution in [3.05, 3.63) is 33.9 Å². The highest BCUT2D eigenvalue weighted by Gasteiger charge is 2.15. The van der Waals surface area contributed by atoms with Crippen molar-refractivity contribution in [1.29, 1.82) is 0 Å². The van der Waals surface area contributed by atoms with E-state index in [1.54, 1.807) is 12.1 Å². The van der Waals surface area contributed by atoms with E-state index in [9.17, 15) is 10.1 Å². The fourth-order valence-corrected chi connectivity index (χ4v) is 1.29. The van der Waals surface area contributed by atoms with Crippen molar-refractivity contribution in [2.24, 2.45) is 0 Å². The first-order valence-corrected chi connectivity index (χ1v) is 5.33. The number of ether oxygens (including phenoxy) is 1. The van der Waals surface area contributed by atoms with Crippen LogP contribution in [-0.2, 0) is 6.42 Å². The molecular weight excluding hydrogens is 214 g/mol. The highest BCUT2D eigenvalue weighted by molar-refractivity contribution is 7.80. The number of benzene rings is 1. The number of hydrogen-bond acceptors (Lipinski definition) is 4. The molecule has 0 amide bonds. The minimum Gasteiger partial charge on any atom is -0.486 e. The number of thiol groups is 1. The molecule has 0 bridgehead atoms. The zero-order valence-electron chi connectivity index (χ0n) is 8.47. The number of nitrogens with zero attached hydrogens (tertiary/aromatic N) is 1. The van der Waals surface area contributed by atoms with Gasteiger partial charge in [-0.15, -0.1) is 0 Å². The molecule has 0 fully saturated rings. The molecule has 15 heavy (non-hydrogen) atoms. The van der Waals surface area contributed by atoms with E-state index in [4.69, 9.17) is 4.74 Å². The monoisotopic (exact) mass is 227 g/mol. The van der Waals surface area contributed by atoms with E-state index in [0.29, 0.717) is 18.1 Å². The summed E-state index contributed by atoms with van der Waals surface area (Å²) in [4.78, 5) is 10.3. The number of nitro benzene ring substituents is 1. The predicted octanol–water partition coefficient (Wildman–Crippen LogP) is 2.47. The Bertz CT molecular complexity index is 355. The maximum Gasteiger partial charge on any atom is 0.311 e. The van der Waals surface area contributed by atoms with Crippen molar-refractivity contribution in [3.8, 4) is 5.75 Å². The Kier molecular flexibility index (Phi) is 4.42. The highest BCUT2D eigenvalue weighted by atomic mass is 32.1. The van der Waals surface area contributed by atoms with Gasteiger partial charge in [0.05, 0.1) is 11.5 Å². The molecule has 0 radical (unpaired) electrons. The molecule has 5 heteroatoms. The van der Waals surface area contributed by atoms with Gasteiger partial charge >= 0.3 is 5.69 Å². The molecule has 82 valence electrons. The van der Waals surface area contributed by atoms with Crippen LogP contribution in [0.4, 0.5) is 5.69 Å². The molecule has 0 aliphatic rings. The topological polar surface area (TPSA) is 52.4 Å². The fourth-order valence-electron chi connectivity index (χ4n) is 1.20. The van der Waals surface area contributed by atoms with Crippen molar-refractivity contribution >= 4 is 18.3 Å². The zero-order chi connectivity index (χ0) is 11.3. The molecule has 0 saturated heterocycles. The summed E-state index contributed by atoms with van der Waals surface area (Å²) in [6, 6.07) is 5.02. The van der Waals surface area contributed by atoms with Crippen LogP contribution >= 0.6 is 12.6 Å². The quantitative estimate of drug-likeness (QED) is 0.477. The second kappa shape index (κ2) is 5.60. The van der Waals surface area contributed by atoms with Gasteiger partial charge in [0.2, 0.25) is 0 Å². The predicted molar refractivity (Wildman–Crippen MR) is 61.8 cm³/mol. The molecule has 1 rings (SSSR count). The molecule has 0 N–H and O–H groups in total. The summed E-state index contributed by atoms with van der Waals surface area (Å²) in [5.41, 5.74) is 0.955. The van der Waals surface area contributed by atoms with Crippen molar-refractivity contribution in [1.82, 2.24) is 0 Å². The molecule has 0 saturated carbocycles. The lowest BCUT2D eigenvalue weighted by Crippen LogP contribution is -2.01. The lowest BCUT2D eigenvalue weighted by molar-refractivity contribution is -0.385. The van der Waals surface area contributed by atoms with Gasteiger partial charge in [-0.2, -0.15) is 12.6 Å². The smallest absolute Gasteiger partial charge is 0.311 e. The number of aryl methyl sites for hydroxylation is 1. The molecular formula is C10H13NO3S. The normalized spacial score (nSPS) is 10.0. The number of nitro groups is 1. The Hall–Kier alpha value is -1.23. The second-order valence-corrected chi connectivity index (χ2v) is 3.43. The van der Waals surface area contributed by atoms with Crippen molar-refractivity contribution in [3.63, 3.8) is 0 Å². The van der Waals surface area contributed by atoms with Crippen LogP contribution in [-0.4, -0.2) is 17.3 Å². The summed E-state index contributed by atoms with van der Waals surface area (Å²) in [7, 11) is 0. The first-order chi connectivity index (χ1) is 7.19. The van der Waals surface area contributed by atoms with Gasteiger partial charge in [0, 0.05) is 11.8 Å². The molecule has 0 atom stereocenters. The van der Waals surface area contributed by atoms with E-state index in [2.05, 4.69) is 12.6 Å². The summed E-state index contributed by atoms with van der Waals surface area (Å²) in [5.74, 6) is 0.846. The van der Waals surface area contributed by atoms with Crippen LogP contribution in [0, 0.1) is 10.1 Å². The largest absolute Gasteiger partial charge is 0.486 e. The maximum atomic E-state index is 10.8. The van der Waals surface area contributed by atoms with Crippen LogP contribution in [0.15, 0.2) is 18.2 Å². The van der Waals surface area contributed by atoms with E-state index in [1.165, 1.54) is 0 Å². The van der Waals surface area contributed by atoms with Crippen LogP contribution in [0.5, 0.6) is 5.75 Å². The van der Waals surface area contributed by atoms with Crippen molar-refractivity contribution in [2.75, 3.05) is 12.4 Å². The molecule has 4 nitrogen and oxygen atoms in total. The second-order valence-electron chi connectivity index (χ2n) is 2.98. The van der Waals surface area contributed by atoms with E-state index < -0.39 is 4.92 Å². The standard InChI is InChI=1S/C10H13NO3S/c1-2-8-3-4-10(14-5-6-15)9(7-8)11(12)13/h3-4,7,15H,2,5-6H2,1H3. The highest BCUT2D eigenvalue weighted by Crippen LogP contribution is 2.28. The van der Waals surface area contributed by atoms with Crippen LogP contribution in [0.3, 0.4) is 0 Å². The van der Waals surface area contributed by atoms with Gasteiger partial charge in [-0.25, -0.2) is 0 Å². The van der Waals surface area contributed by atoms with E-state index in [-0.39, 0.29) is 5.69 Å². The molecule has 0 aliphatic heterocycles. The van der Waals surface area contributed by atoms with Crippen LogP contribution in [0.25, 0.3) is 0 Å². The molecule has 0 aliphatic carbocycles. The summed E-state index contributed by atoms with van der Waals surface area (Å²) in [6.45, 7) is 2.32. The van der Waals surface area contributed by atoms with E-state index in [0.717, 1.165) is 12.0 Å². The molecule has 0 heterocycles. The Balaban J connectivity index is 2.98. The van der Waals surface area contributed by atoms with Gasteiger partial charge in [0.1, 0.15) is 0 Å². The lowest BCUT2D eigenvalue weighted by atomic mass is 10.1. The zero-order valence-corrected chi connectivity index (χ0v) is 9.37. The lowest BCUT2D eigenvalue weighted by Gasteiger charge is -2.06. The van der Waals surface area contributed by atoms with Gasteiger partial charge in [0.15, 0.2) is 5.75 Å². The SMILES string of the molecule is CCc1ccc(OCCS)c([N+](=O)[O-])c1. The average Bonchev–Trinajstić information content (AvgIpc) is 2.26. The molecule has 0 aromatic heterocycles. The first kappa shape index (κ1) is 11.8. The number of rotatable bonds is 5. The maximum absolute atomic E-state index is 10.8. The third-order valence-electron chi connectivity index (χ3n) is 1.98. The van der Waals surface area contributed by atoms with Crippen LogP contribution < -0.4 is 4.74 Å². The Morgan fingerprint density at radius 2 is 2.27 bits per heavy atom. The summed E-state index contributed by atoms with van der Waals surface area (Å²) >= 11 is 3.98. The Morgan fingerprint density at radius 1 is 1.53 bits per heavy atom. The van der Waals surface area contributed by atoms with Crippen molar-refractivity contribution < 1.29 is 9.66 Å². The Labute approximate surface area is 93.8 Å². The van der Waals surface area contributed by atoms with Gasteiger partial charge < -0.3 is 4.74 Å². The number of hydrogen-bond donors (Lipinski definition) is 1. The van der Waals surface area contributed by atoms with Crippen LogP contribution in [0.1, 0.15) is 12.5 Å². The fraction of sp³-hybridized carbons (Fsp3) is 0.400. The summed E-state index contributed by atoms with van der Waals surface area (Å²) in [5, 5.41) is 10.8. The third kappa shape index (κ3) is 3.13. The first-order valence-electron chi connectivity index (χ1n) is 4.70. The van der Waals surface area contributed by atoms with Gasteiger partial charge in [-0.1, -0.05) is 13.0 Å². The summed E-state index contributed by atoms with van der Waals surface area (Å²) < 4.78 is 5.23. The van der Waals surface area contributed by atoms with E-state index >= 15 is 0 Å². The minimum atomic E-state index is -0.424. The van der Waals surface area contributed by atoms with Gasteiger partial charge in [-0.3, -0.25) is 10.1 Å². The van der Waals surface area contributed by atoms with E-state index in [1.807, 2.05) is 13.0 Å². The van der Waals surface area contributed by atoms with Crippen LogP contribution in [0.2, 0.25) is 0 Å².